The zero-order chi connectivity index (χ0) is 9.11. The van der Waals surface area contributed by atoms with Gasteiger partial charge in [-0.15, -0.1) is 0 Å². The average molecular weight is 158 g/mol. The fraction of sp³-hybridized carbons (Fsp3) is 0.900. The first kappa shape index (κ1) is 13.3. The molecule has 0 spiro atoms. The van der Waals surface area contributed by atoms with Crippen molar-refractivity contribution in [1.82, 2.24) is 0 Å². The second kappa shape index (κ2) is 12.4. The molecule has 0 saturated carbocycles. The lowest BCUT2D eigenvalue weighted by Crippen LogP contribution is -1.80. The second-order valence-corrected chi connectivity index (χ2v) is 2.76. The van der Waals surface area contributed by atoms with Gasteiger partial charge in [-0.1, -0.05) is 46.5 Å². The van der Waals surface area contributed by atoms with Crippen molar-refractivity contribution in [3.05, 3.63) is 0 Å². The minimum absolute atomic E-state index is 0.255. The Hall–Kier alpha value is -0.330. The third kappa shape index (κ3) is 26.1. The van der Waals surface area contributed by atoms with Gasteiger partial charge in [-0.2, -0.15) is 0 Å². The van der Waals surface area contributed by atoms with Crippen LogP contribution < -0.4 is 0 Å². The first-order chi connectivity index (χ1) is 5.18. The highest BCUT2D eigenvalue weighted by molar-refractivity contribution is 5.74. The molecule has 0 aliphatic heterocycles. The lowest BCUT2D eigenvalue weighted by molar-refractivity contribution is -0.116. The van der Waals surface area contributed by atoms with Crippen LogP contribution in [0.5, 0.6) is 0 Å². The molecule has 1 nitrogen and oxygen atoms in total. The van der Waals surface area contributed by atoms with E-state index in [9.17, 15) is 4.79 Å². The topological polar surface area (TPSA) is 17.1 Å². The quantitative estimate of drug-likeness (QED) is 0.572. The van der Waals surface area contributed by atoms with Crippen LogP contribution in [-0.2, 0) is 4.79 Å². The summed E-state index contributed by atoms with van der Waals surface area (Å²) in [6.45, 7) is 7.90. The number of hydrogen-bond donors (Lipinski definition) is 0. The van der Waals surface area contributed by atoms with Gasteiger partial charge in [0.2, 0.25) is 0 Å². The first-order valence-electron chi connectivity index (χ1n) is 4.68. The predicted molar refractivity (Wildman–Crippen MR) is 50.8 cm³/mol. The zero-order valence-corrected chi connectivity index (χ0v) is 8.44. The third-order valence-corrected chi connectivity index (χ3v) is 1.45. The van der Waals surface area contributed by atoms with Gasteiger partial charge in [0, 0.05) is 6.42 Å². The maximum atomic E-state index is 9.81. The fourth-order valence-electron chi connectivity index (χ4n) is 0.500. The number of rotatable bonds is 4. The molecule has 0 aromatic heterocycles. The Balaban J connectivity index is 0. The van der Waals surface area contributed by atoms with E-state index in [-0.39, 0.29) is 5.78 Å². The molecular weight excluding hydrogens is 136 g/mol. The van der Waals surface area contributed by atoms with Gasteiger partial charge in [0.15, 0.2) is 0 Å². The normalized spacial score (nSPS) is 8.36. The van der Waals surface area contributed by atoms with Gasteiger partial charge < -0.3 is 4.79 Å². The highest BCUT2D eigenvalue weighted by Gasteiger charge is 1.77. The van der Waals surface area contributed by atoms with E-state index >= 15 is 0 Å². The van der Waals surface area contributed by atoms with Crippen molar-refractivity contribution in [2.24, 2.45) is 0 Å². The maximum Gasteiger partial charge on any atom is 0.129 e. The Morgan fingerprint density at radius 1 is 1.00 bits per heavy atom. The smallest absolute Gasteiger partial charge is 0.129 e. The summed E-state index contributed by atoms with van der Waals surface area (Å²) in [4.78, 5) is 9.81. The predicted octanol–water partition coefficient (Wildman–Crippen LogP) is 3.57. The molecule has 1 heteroatoms. The van der Waals surface area contributed by atoms with Crippen molar-refractivity contribution < 1.29 is 4.79 Å². The summed E-state index contributed by atoms with van der Waals surface area (Å²) < 4.78 is 0. The van der Waals surface area contributed by atoms with Crippen LogP contribution in [0.2, 0.25) is 0 Å². The Morgan fingerprint density at radius 2 is 1.27 bits per heavy atom. The number of ketones is 1. The molecule has 0 aliphatic carbocycles. The molecule has 0 unspecified atom stereocenters. The summed E-state index contributed by atoms with van der Waals surface area (Å²) >= 11 is 0. The van der Waals surface area contributed by atoms with Gasteiger partial charge in [0.25, 0.3) is 0 Å². The van der Waals surface area contributed by atoms with E-state index < -0.39 is 0 Å². The van der Waals surface area contributed by atoms with E-state index in [0.717, 1.165) is 0 Å². The summed E-state index contributed by atoms with van der Waals surface area (Å²) in [6, 6.07) is 0. The van der Waals surface area contributed by atoms with Gasteiger partial charge in [-0.3, -0.25) is 0 Å². The Kier molecular flexibility index (Phi) is 14.9. The molecule has 0 heterocycles. The van der Waals surface area contributed by atoms with Crippen LogP contribution in [0.1, 0.15) is 59.8 Å². The summed E-state index contributed by atoms with van der Waals surface area (Å²) in [5.74, 6) is 0.255. The van der Waals surface area contributed by atoms with Crippen LogP contribution in [0.4, 0.5) is 0 Å². The summed E-state index contributed by atoms with van der Waals surface area (Å²) in [7, 11) is 0. The molecule has 0 amide bonds. The Bertz CT molecular complexity index is 72.9. The van der Waals surface area contributed by atoms with Crippen LogP contribution in [0.25, 0.3) is 0 Å². The molecule has 0 aromatic rings. The van der Waals surface area contributed by atoms with Gasteiger partial charge in [-0.25, -0.2) is 0 Å². The number of Topliss-reactive ketones (excluding diaryl/α,β-unsaturated/α-hetero) is 1. The van der Waals surface area contributed by atoms with Gasteiger partial charge in [0.05, 0.1) is 0 Å². The van der Waals surface area contributed by atoms with E-state index in [1.165, 1.54) is 25.7 Å². The average Bonchev–Trinajstić information content (AvgIpc) is 2.02. The molecule has 68 valence electrons. The number of hydrogen-bond acceptors (Lipinski definition) is 1. The van der Waals surface area contributed by atoms with Gasteiger partial charge in [0.1, 0.15) is 5.78 Å². The molecule has 0 atom stereocenters. The summed E-state index contributed by atoms with van der Waals surface area (Å²) in [6.07, 6.45) is 6.20. The molecule has 0 bridgehead atoms. The van der Waals surface area contributed by atoms with E-state index in [1.54, 1.807) is 6.92 Å². The van der Waals surface area contributed by atoms with Gasteiger partial charge in [-0.05, 0) is 6.92 Å². The standard InChI is InChI=1S/C6H14.C4H8O/c1-3-5-6-4-2;1-3-4(2)5/h3-6H2,1-2H3;3H2,1-2H3. The van der Waals surface area contributed by atoms with Crippen molar-refractivity contribution in [3.8, 4) is 0 Å². The number of unbranched alkanes of at least 4 members (excludes halogenated alkanes) is 3. The first-order valence-corrected chi connectivity index (χ1v) is 4.68. The molecule has 0 radical (unpaired) electrons. The highest BCUT2D eigenvalue weighted by atomic mass is 16.1. The van der Waals surface area contributed by atoms with Gasteiger partial charge >= 0.3 is 0 Å². The fourth-order valence-corrected chi connectivity index (χ4v) is 0.500. The van der Waals surface area contributed by atoms with E-state index in [4.69, 9.17) is 0 Å². The van der Waals surface area contributed by atoms with Crippen molar-refractivity contribution in [2.75, 3.05) is 0 Å². The lowest BCUT2D eigenvalue weighted by Gasteiger charge is -1.86. The summed E-state index contributed by atoms with van der Waals surface area (Å²) in [5.41, 5.74) is 0. The molecule has 0 rings (SSSR count). The minimum Gasteiger partial charge on any atom is -0.300 e. The van der Waals surface area contributed by atoms with Crippen LogP contribution in [0.3, 0.4) is 0 Å². The molecular formula is C10H22O. The largest absolute Gasteiger partial charge is 0.300 e. The van der Waals surface area contributed by atoms with Crippen LogP contribution in [0, 0.1) is 0 Å². The monoisotopic (exact) mass is 158 g/mol. The maximum absolute atomic E-state index is 9.81. The molecule has 0 fully saturated rings. The lowest BCUT2D eigenvalue weighted by atomic mass is 10.2. The van der Waals surface area contributed by atoms with Crippen LogP contribution >= 0.6 is 0 Å². The summed E-state index contributed by atoms with van der Waals surface area (Å²) in [5, 5.41) is 0. The van der Waals surface area contributed by atoms with Crippen molar-refractivity contribution in [1.29, 1.82) is 0 Å². The van der Waals surface area contributed by atoms with E-state index in [0.29, 0.717) is 6.42 Å². The highest BCUT2D eigenvalue weighted by Crippen LogP contribution is 1.95. The molecule has 0 saturated heterocycles. The zero-order valence-electron chi connectivity index (χ0n) is 8.44. The molecule has 0 aliphatic rings. The minimum atomic E-state index is 0.255. The number of carbonyl (C=O) groups is 1. The van der Waals surface area contributed by atoms with E-state index in [2.05, 4.69) is 13.8 Å². The molecule has 0 aromatic carbocycles. The second-order valence-electron chi connectivity index (χ2n) is 2.76. The van der Waals surface area contributed by atoms with Crippen LogP contribution in [-0.4, -0.2) is 5.78 Å². The Labute approximate surface area is 71.2 Å². The molecule has 0 N–H and O–H groups in total. The third-order valence-electron chi connectivity index (χ3n) is 1.45. The Morgan fingerprint density at radius 3 is 1.36 bits per heavy atom. The molecule has 11 heavy (non-hydrogen) atoms. The van der Waals surface area contributed by atoms with Crippen molar-refractivity contribution in [3.63, 3.8) is 0 Å². The van der Waals surface area contributed by atoms with E-state index in [1.807, 2.05) is 6.92 Å². The van der Waals surface area contributed by atoms with Crippen molar-refractivity contribution in [2.45, 2.75) is 59.8 Å². The SMILES string of the molecule is CCC(C)=O.CCCCCC. The van der Waals surface area contributed by atoms with Crippen LogP contribution in [0.15, 0.2) is 0 Å². The van der Waals surface area contributed by atoms with Crippen molar-refractivity contribution >= 4 is 5.78 Å². The number of carbonyl (C=O) groups excluding carboxylic acids is 1.